The van der Waals surface area contributed by atoms with Crippen molar-refractivity contribution in [3.8, 4) is 0 Å². The maximum atomic E-state index is 12.4. The first kappa shape index (κ1) is 16.0. The van der Waals surface area contributed by atoms with Crippen LogP contribution < -0.4 is 0 Å². The van der Waals surface area contributed by atoms with Crippen LogP contribution in [0.25, 0.3) is 0 Å². The van der Waals surface area contributed by atoms with Crippen molar-refractivity contribution in [2.75, 3.05) is 26.2 Å². The van der Waals surface area contributed by atoms with Crippen LogP contribution >= 0.6 is 11.6 Å². The van der Waals surface area contributed by atoms with E-state index >= 15 is 0 Å². The molecule has 0 unspecified atom stereocenters. The highest BCUT2D eigenvalue weighted by Gasteiger charge is 2.23. The minimum Gasteiger partial charge on any atom is -0.335 e. The maximum absolute atomic E-state index is 12.4. The Bertz CT molecular complexity index is 659. The topological polar surface area (TPSA) is 41.4 Å². The zero-order valence-corrected chi connectivity index (χ0v) is 14.0. The van der Waals surface area contributed by atoms with Crippen molar-refractivity contribution >= 4 is 17.5 Å². The number of piperazine rings is 1. The monoisotopic (exact) mass is 332 g/mol. The van der Waals surface area contributed by atoms with Crippen LogP contribution in [0.3, 0.4) is 0 Å². The van der Waals surface area contributed by atoms with Crippen molar-refractivity contribution in [1.82, 2.24) is 19.6 Å². The molecule has 0 aliphatic carbocycles. The molecule has 1 aliphatic heterocycles. The van der Waals surface area contributed by atoms with Gasteiger partial charge in [-0.1, -0.05) is 23.7 Å². The molecular weight excluding hydrogens is 312 g/mol. The molecule has 1 aliphatic rings. The van der Waals surface area contributed by atoms with Gasteiger partial charge in [0.25, 0.3) is 5.91 Å². The summed E-state index contributed by atoms with van der Waals surface area (Å²) in [6.45, 7) is 6.92. The molecule has 0 radical (unpaired) electrons. The van der Waals surface area contributed by atoms with Crippen molar-refractivity contribution in [2.24, 2.45) is 0 Å². The number of aromatic nitrogens is 2. The van der Waals surface area contributed by atoms with Gasteiger partial charge < -0.3 is 4.90 Å². The highest BCUT2D eigenvalue weighted by atomic mass is 35.5. The Balaban J connectivity index is 1.53. The summed E-state index contributed by atoms with van der Waals surface area (Å²) in [5.74, 6) is 0.0309. The van der Waals surface area contributed by atoms with Gasteiger partial charge in [-0.15, -0.1) is 0 Å². The maximum Gasteiger partial charge on any atom is 0.274 e. The number of hydrogen-bond acceptors (Lipinski definition) is 3. The lowest BCUT2D eigenvalue weighted by atomic mass is 10.2. The molecule has 5 nitrogen and oxygen atoms in total. The molecule has 0 atom stereocenters. The van der Waals surface area contributed by atoms with E-state index in [1.807, 2.05) is 30.2 Å². The van der Waals surface area contributed by atoms with Crippen LogP contribution in [-0.2, 0) is 13.1 Å². The molecular formula is C17H21ClN4O. The Morgan fingerprint density at radius 3 is 2.43 bits per heavy atom. The van der Waals surface area contributed by atoms with E-state index in [0.717, 1.165) is 44.3 Å². The summed E-state index contributed by atoms with van der Waals surface area (Å²) in [5.41, 5.74) is 1.79. The summed E-state index contributed by atoms with van der Waals surface area (Å²) in [4.78, 5) is 16.7. The van der Waals surface area contributed by atoms with E-state index < -0.39 is 0 Å². The lowest BCUT2D eigenvalue weighted by molar-refractivity contribution is 0.0622. The predicted molar refractivity (Wildman–Crippen MR) is 90.5 cm³/mol. The smallest absolute Gasteiger partial charge is 0.274 e. The molecule has 1 amide bonds. The van der Waals surface area contributed by atoms with Crippen LogP contribution in [0.15, 0.2) is 36.5 Å². The highest BCUT2D eigenvalue weighted by molar-refractivity contribution is 6.30. The Hall–Kier alpha value is -1.85. The van der Waals surface area contributed by atoms with Crippen LogP contribution in [0.4, 0.5) is 0 Å². The quantitative estimate of drug-likeness (QED) is 0.864. The number of aryl methyl sites for hydroxylation is 1. The Labute approximate surface area is 141 Å². The van der Waals surface area contributed by atoms with Crippen LogP contribution in [0, 0.1) is 0 Å². The van der Waals surface area contributed by atoms with Crippen LogP contribution in [0.2, 0.25) is 5.02 Å². The van der Waals surface area contributed by atoms with Gasteiger partial charge in [0.1, 0.15) is 5.69 Å². The molecule has 3 rings (SSSR count). The number of rotatable bonds is 4. The summed E-state index contributed by atoms with van der Waals surface area (Å²) >= 11 is 5.91. The first-order valence-corrected chi connectivity index (χ1v) is 8.33. The van der Waals surface area contributed by atoms with E-state index in [0.29, 0.717) is 5.69 Å². The summed E-state index contributed by atoms with van der Waals surface area (Å²) in [5, 5.41) is 5.06. The largest absolute Gasteiger partial charge is 0.335 e. The van der Waals surface area contributed by atoms with E-state index in [1.54, 1.807) is 10.7 Å². The normalized spacial score (nSPS) is 15.8. The van der Waals surface area contributed by atoms with E-state index in [4.69, 9.17) is 11.6 Å². The Kier molecular flexibility index (Phi) is 4.98. The zero-order chi connectivity index (χ0) is 16.2. The lowest BCUT2D eigenvalue weighted by Crippen LogP contribution is -2.48. The summed E-state index contributed by atoms with van der Waals surface area (Å²) in [6, 6.07) is 9.74. The van der Waals surface area contributed by atoms with Crippen molar-refractivity contribution in [3.05, 3.63) is 52.8 Å². The molecule has 2 heterocycles. The number of halogens is 1. The zero-order valence-electron chi connectivity index (χ0n) is 13.3. The fourth-order valence-corrected chi connectivity index (χ4v) is 2.90. The highest BCUT2D eigenvalue weighted by Crippen LogP contribution is 2.14. The molecule has 2 aromatic rings. The van der Waals surface area contributed by atoms with Crippen molar-refractivity contribution in [3.63, 3.8) is 0 Å². The van der Waals surface area contributed by atoms with Gasteiger partial charge in [-0.2, -0.15) is 5.10 Å². The molecule has 0 N–H and O–H groups in total. The van der Waals surface area contributed by atoms with Gasteiger partial charge in [-0.05, 0) is 30.7 Å². The van der Waals surface area contributed by atoms with Gasteiger partial charge in [0.15, 0.2) is 0 Å². The second-order valence-electron chi connectivity index (χ2n) is 5.75. The number of amides is 1. The van der Waals surface area contributed by atoms with Crippen molar-refractivity contribution in [1.29, 1.82) is 0 Å². The molecule has 122 valence electrons. The first-order valence-electron chi connectivity index (χ1n) is 7.95. The lowest BCUT2D eigenvalue weighted by Gasteiger charge is -2.34. The predicted octanol–water partition coefficient (Wildman–Crippen LogP) is 2.51. The number of hydrogen-bond donors (Lipinski definition) is 0. The van der Waals surface area contributed by atoms with Gasteiger partial charge in [0.2, 0.25) is 0 Å². The van der Waals surface area contributed by atoms with E-state index in [1.165, 1.54) is 5.56 Å². The van der Waals surface area contributed by atoms with Gasteiger partial charge in [0.05, 0.1) is 0 Å². The van der Waals surface area contributed by atoms with Crippen molar-refractivity contribution < 1.29 is 4.79 Å². The van der Waals surface area contributed by atoms with Crippen LogP contribution in [-0.4, -0.2) is 51.7 Å². The van der Waals surface area contributed by atoms with Gasteiger partial charge in [0, 0.05) is 50.5 Å². The van der Waals surface area contributed by atoms with E-state index in [2.05, 4.69) is 22.1 Å². The summed E-state index contributed by atoms with van der Waals surface area (Å²) < 4.78 is 1.78. The third-order valence-electron chi connectivity index (χ3n) is 4.16. The molecule has 1 fully saturated rings. The SMILES string of the molecule is CCn1ccc(C(=O)N2CCN(Cc3ccc(Cl)cc3)CC2)n1. The molecule has 0 bridgehead atoms. The third kappa shape index (κ3) is 3.92. The summed E-state index contributed by atoms with van der Waals surface area (Å²) in [6.07, 6.45) is 1.85. The standard InChI is InChI=1S/C17H21ClN4O/c1-2-22-8-7-16(19-22)17(23)21-11-9-20(10-12-21)13-14-3-5-15(18)6-4-14/h3-8H,2,9-13H2,1H3. The van der Waals surface area contributed by atoms with Crippen LogP contribution in [0.5, 0.6) is 0 Å². The minimum absolute atomic E-state index is 0.0309. The van der Waals surface area contributed by atoms with E-state index in [9.17, 15) is 4.79 Å². The molecule has 0 spiro atoms. The average Bonchev–Trinajstić information content (AvgIpc) is 3.06. The first-order chi connectivity index (χ1) is 11.2. The van der Waals surface area contributed by atoms with Gasteiger partial charge >= 0.3 is 0 Å². The minimum atomic E-state index is 0.0309. The number of benzene rings is 1. The van der Waals surface area contributed by atoms with Gasteiger partial charge in [-0.3, -0.25) is 14.4 Å². The fourth-order valence-electron chi connectivity index (χ4n) is 2.77. The number of carbonyl (C=O) groups excluding carboxylic acids is 1. The van der Waals surface area contributed by atoms with Gasteiger partial charge in [-0.25, -0.2) is 0 Å². The van der Waals surface area contributed by atoms with E-state index in [-0.39, 0.29) is 5.91 Å². The molecule has 23 heavy (non-hydrogen) atoms. The summed E-state index contributed by atoms with van der Waals surface area (Å²) in [7, 11) is 0. The molecule has 1 aromatic carbocycles. The Morgan fingerprint density at radius 1 is 1.13 bits per heavy atom. The number of carbonyl (C=O) groups is 1. The second-order valence-corrected chi connectivity index (χ2v) is 6.19. The fraction of sp³-hybridized carbons (Fsp3) is 0.412. The average molecular weight is 333 g/mol. The Morgan fingerprint density at radius 2 is 1.83 bits per heavy atom. The molecule has 6 heteroatoms. The van der Waals surface area contributed by atoms with Crippen LogP contribution in [0.1, 0.15) is 23.0 Å². The third-order valence-corrected chi connectivity index (χ3v) is 4.41. The number of nitrogens with zero attached hydrogens (tertiary/aromatic N) is 4. The second kappa shape index (κ2) is 7.15. The molecule has 1 saturated heterocycles. The molecule has 1 aromatic heterocycles. The molecule has 0 saturated carbocycles. The van der Waals surface area contributed by atoms with Crippen molar-refractivity contribution in [2.45, 2.75) is 20.0 Å².